The third kappa shape index (κ3) is 5.03. The highest BCUT2D eigenvalue weighted by atomic mass is 16.5. The van der Waals surface area contributed by atoms with Crippen molar-refractivity contribution in [2.24, 2.45) is 17.6 Å². The standard InChI is InChI=1S/C18H29NO5/c1-5-12(10-13(11-19)18(20)21)6-7-14-15(22-2)8-9-16(23-3)17(14)24-4/h8-9,12-13H,5-7,10-11,19H2,1-4H3,(H,20,21). The van der Waals surface area contributed by atoms with Crippen LogP contribution in [0.4, 0.5) is 0 Å². The lowest BCUT2D eigenvalue weighted by Crippen LogP contribution is -2.26. The van der Waals surface area contributed by atoms with Crippen molar-refractivity contribution in [3.05, 3.63) is 17.7 Å². The summed E-state index contributed by atoms with van der Waals surface area (Å²) in [4.78, 5) is 11.2. The first-order valence-electron chi connectivity index (χ1n) is 8.22. The Hall–Kier alpha value is -1.95. The maximum absolute atomic E-state index is 11.2. The maximum atomic E-state index is 11.2. The van der Waals surface area contributed by atoms with Gasteiger partial charge in [-0.2, -0.15) is 0 Å². The van der Waals surface area contributed by atoms with Gasteiger partial charge in [0, 0.05) is 12.1 Å². The molecule has 0 fully saturated rings. The van der Waals surface area contributed by atoms with Crippen LogP contribution in [-0.4, -0.2) is 38.9 Å². The Balaban J connectivity index is 2.92. The molecule has 1 aromatic carbocycles. The predicted molar refractivity (Wildman–Crippen MR) is 93.0 cm³/mol. The number of carboxylic acid groups (broad SMARTS) is 1. The lowest BCUT2D eigenvalue weighted by molar-refractivity contribution is -0.142. The van der Waals surface area contributed by atoms with E-state index >= 15 is 0 Å². The van der Waals surface area contributed by atoms with Gasteiger partial charge in [0.2, 0.25) is 0 Å². The molecule has 0 saturated carbocycles. The number of rotatable bonds is 11. The second-order valence-electron chi connectivity index (χ2n) is 5.80. The highest BCUT2D eigenvalue weighted by Gasteiger charge is 2.22. The van der Waals surface area contributed by atoms with Gasteiger partial charge in [0.15, 0.2) is 11.5 Å². The van der Waals surface area contributed by atoms with Gasteiger partial charge in [0.05, 0.1) is 27.2 Å². The van der Waals surface area contributed by atoms with Crippen LogP contribution < -0.4 is 19.9 Å². The minimum absolute atomic E-state index is 0.164. The van der Waals surface area contributed by atoms with Gasteiger partial charge < -0.3 is 25.1 Å². The summed E-state index contributed by atoms with van der Waals surface area (Å²) in [6, 6.07) is 3.67. The van der Waals surface area contributed by atoms with Crippen molar-refractivity contribution in [3.63, 3.8) is 0 Å². The molecule has 3 N–H and O–H groups in total. The minimum atomic E-state index is -0.826. The number of hydrogen-bond acceptors (Lipinski definition) is 5. The van der Waals surface area contributed by atoms with E-state index in [0.717, 1.165) is 30.6 Å². The zero-order valence-corrected chi connectivity index (χ0v) is 15.0. The van der Waals surface area contributed by atoms with Crippen molar-refractivity contribution in [1.29, 1.82) is 0 Å². The molecule has 0 spiro atoms. The topological polar surface area (TPSA) is 91.0 Å². The lowest BCUT2D eigenvalue weighted by atomic mass is 9.87. The molecule has 0 aliphatic heterocycles. The molecule has 0 radical (unpaired) electrons. The number of carbonyl (C=O) groups is 1. The molecule has 0 aromatic heterocycles. The summed E-state index contributed by atoms with van der Waals surface area (Å²) in [5.74, 6) is 1.02. The first kappa shape index (κ1) is 20.1. The van der Waals surface area contributed by atoms with Gasteiger partial charge in [-0.1, -0.05) is 13.3 Å². The normalized spacial score (nSPS) is 13.2. The second-order valence-corrected chi connectivity index (χ2v) is 5.80. The lowest BCUT2D eigenvalue weighted by Gasteiger charge is -2.21. The molecule has 0 aliphatic carbocycles. The second kappa shape index (κ2) is 10.0. The van der Waals surface area contributed by atoms with Crippen molar-refractivity contribution in [1.82, 2.24) is 0 Å². The van der Waals surface area contributed by atoms with E-state index in [4.69, 9.17) is 19.9 Å². The van der Waals surface area contributed by atoms with Crippen LogP contribution in [0.5, 0.6) is 17.2 Å². The van der Waals surface area contributed by atoms with Gasteiger partial charge in [0.25, 0.3) is 0 Å². The van der Waals surface area contributed by atoms with E-state index in [1.807, 2.05) is 12.1 Å². The molecule has 1 rings (SSSR count). The van der Waals surface area contributed by atoms with Crippen LogP contribution in [0.1, 0.15) is 31.7 Å². The van der Waals surface area contributed by atoms with E-state index in [2.05, 4.69) is 6.92 Å². The van der Waals surface area contributed by atoms with Crippen LogP contribution in [-0.2, 0) is 11.2 Å². The van der Waals surface area contributed by atoms with E-state index in [1.165, 1.54) is 0 Å². The Morgan fingerprint density at radius 1 is 1.17 bits per heavy atom. The number of ether oxygens (including phenoxy) is 3. The van der Waals surface area contributed by atoms with Crippen LogP contribution in [0.25, 0.3) is 0 Å². The van der Waals surface area contributed by atoms with Crippen LogP contribution >= 0.6 is 0 Å². The van der Waals surface area contributed by atoms with Crippen LogP contribution in [0.3, 0.4) is 0 Å². The molecular formula is C18H29NO5. The average molecular weight is 339 g/mol. The Kier molecular flexibility index (Phi) is 8.40. The largest absolute Gasteiger partial charge is 0.496 e. The number of carboxylic acids is 1. The zero-order valence-electron chi connectivity index (χ0n) is 15.0. The van der Waals surface area contributed by atoms with Gasteiger partial charge in [-0.15, -0.1) is 0 Å². The number of nitrogens with two attached hydrogens (primary N) is 1. The fourth-order valence-corrected chi connectivity index (χ4v) is 2.94. The Morgan fingerprint density at radius 2 is 1.79 bits per heavy atom. The van der Waals surface area contributed by atoms with Crippen molar-refractivity contribution in [2.45, 2.75) is 32.6 Å². The zero-order chi connectivity index (χ0) is 18.1. The molecule has 6 nitrogen and oxygen atoms in total. The van der Waals surface area contributed by atoms with Crippen LogP contribution in [0.2, 0.25) is 0 Å². The number of benzene rings is 1. The number of aliphatic carboxylic acids is 1. The predicted octanol–water partition coefficient (Wildman–Crippen LogP) is 2.72. The van der Waals surface area contributed by atoms with Crippen molar-refractivity contribution in [2.75, 3.05) is 27.9 Å². The first-order chi connectivity index (χ1) is 11.5. The van der Waals surface area contributed by atoms with E-state index in [0.29, 0.717) is 17.9 Å². The first-order valence-corrected chi connectivity index (χ1v) is 8.22. The molecule has 24 heavy (non-hydrogen) atoms. The molecule has 1 aromatic rings. The van der Waals surface area contributed by atoms with Gasteiger partial charge in [-0.05, 0) is 37.3 Å². The van der Waals surface area contributed by atoms with Crippen molar-refractivity contribution in [3.8, 4) is 17.2 Å². The Bertz CT molecular complexity index is 532. The molecule has 136 valence electrons. The molecule has 2 unspecified atom stereocenters. The van der Waals surface area contributed by atoms with Gasteiger partial charge in [-0.3, -0.25) is 4.79 Å². The summed E-state index contributed by atoms with van der Waals surface area (Å²) in [5, 5.41) is 9.20. The van der Waals surface area contributed by atoms with Crippen LogP contribution in [0, 0.1) is 11.8 Å². The summed E-state index contributed by atoms with van der Waals surface area (Å²) >= 11 is 0. The Morgan fingerprint density at radius 3 is 2.25 bits per heavy atom. The fourth-order valence-electron chi connectivity index (χ4n) is 2.94. The van der Waals surface area contributed by atoms with E-state index in [1.54, 1.807) is 21.3 Å². The monoisotopic (exact) mass is 339 g/mol. The minimum Gasteiger partial charge on any atom is -0.496 e. The van der Waals surface area contributed by atoms with Gasteiger partial charge >= 0.3 is 5.97 Å². The molecule has 0 amide bonds. The third-order valence-corrected chi connectivity index (χ3v) is 4.46. The molecule has 2 atom stereocenters. The number of hydrogen-bond donors (Lipinski definition) is 2. The SMILES string of the molecule is CCC(CCc1c(OC)ccc(OC)c1OC)CC(CN)C(=O)O. The van der Waals surface area contributed by atoms with Gasteiger partial charge in [0.1, 0.15) is 5.75 Å². The molecule has 0 aliphatic rings. The molecular weight excluding hydrogens is 310 g/mol. The summed E-state index contributed by atoms with van der Waals surface area (Å²) in [6.45, 7) is 2.23. The highest BCUT2D eigenvalue weighted by molar-refractivity contribution is 5.70. The van der Waals surface area contributed by atoms with Gasteiger partial charge in [-0.25, -0.2) is 0 Å². The number of methoxy groups -OCH3 is 3. The molecule has 0 bridgehead atoms. The van der Waals surface area contributed by atoms with Crippen molar-refractivity contribution < 1.29 is 24.1 Å². The highest BCUT2D eigenvalue weighted by Crippen LogP contribution is 2.39. The van der Waals surface area contributed by atoms with E-state index in [-0.39, 0.29) is 12.5 Å². The average Bonchev–Trinajstić information content (AvgIpc) is 2.60. The smallest absolute Gasteiger partial charge is 0.307 e. The summed E-state index contributed by atoms with van der Waals surface area (Å²) < 4.78 is 16.3. The third-order valence-electron chi connectivity index (χ3n) is 4.46. The molecule has 6 heteroatoms. The maximum Gasteiger partial charge on any atom is 0.307 e. The molecule has 0 saturated heterocycles. The summed E-state index contributed by atoms with van der Waals surface area (Å²) in [7, 11) is 4.82. The Labute approximate surface area is 143 Å². The van der Waals surface area contributed by atoms with Crippen molar-refractivity contribution >= 4 is 5.97 Å². The fraction of sp³-hybridized carbons (Fsp3) is 0.611. The summed E-state index contributed by atoms with van der Waals surface area (Å²) in [5.41, 5.74) is 6.52. The molecule has 0 heterocycles. The van der Waals surface area contributed by atoms with E-state index < -0.39 is 11.9 Å². The quantitative estimate of drug-likeness (QED) is 0.644. The summed E-state index contributed by atoms with van der Waals surface area (Å²) in [6.07, 6.45) is 3.04. The van der Waals surface area contributed by atoms with E-state index in [9.17, 15) is 9.90 Å². The van der Waals surface area contributed by atoms with Crippen LogP contribution in [0.15, 0.2) is 12.1 Å².